The van der Waals surface area contributed by atoms with Gasteiger partial charge in [-0.05, 0) is 31.9 Å². The Labute approximate surface area is 119 Å². The minimum absolute atomic E-state index is 0.699. The molecule has 0 aliphatic carbocycles. The SMILES string of the molecule is CCCCN(CCNCc1ccccc1)C(C)CC. The average molecular weight is 262 g/mol. The van der Waals surface area contributed by atoms with Crippen LogP contribution in [0.1, 0.15) is 45.6 Å². The van der Waals surface area contributed by atoms with Gasteiger partial charge >= 0.3 is 0 Å². The van der Waals surface area contributed by atoms with Crippen LogP contribution in [-0.4, -0.2) is 30.6 Å². The Hall–Kier alpha value is -0.860. The Morgan fingerprint density at radius 2 is 1.84 bits per heavy atom. The van der Waals surface area contributed by atoms with Gasteiger partial charge in [0.15, 0.2) is 0 Å². The number of benzene rings is 1. The van der Waals surface area contributed by atoms with Crippen molar-refractivity contribution in [3.63, 3.8) is 0 Å². The number of hydrogen-bond acceptors (Lipinski definition) is 2. The number of hydrogen-bond donors (Lipinski definition) is 1. The van der Waals surface area contributed by atoms with Crippen molar-refractivity contribution in [3.05, 3.63) is 35.9 Å². The van der Waals surface area contributed by atoms with Gasteiger partial charge in [-0.3, -0.25) is 4.90 Å². The molecule has 0 saturated carbocycles. The third-order valence-corrected chi connectivity index (χ3v) is 3.76. The van der Waals surface area contributed by atoms with Gasteiger partial charge in [-0.25, -0.2) is 0 Å². The zero-order valence-corrected chi connectivity index (χ0v) is 12.9. The summed E-state index contributed by atoms with van der Waals surface area (Å²) >= 11 is 0. The number of unbranched alkanes of at least 4 members (excludes halogenated alkanes) is 1. The normalized spacial score (nSPS) is 12.8. The predicted octanol–water partition coefficient (Wildman–Crippen LogP) is 3.68. The van der Waals surface area contributed by atoms with Crippen LogP contribution in [0.25, 0.3) is 0 Å². The van der Waals surface area contributed by atoms with E-state index in [1.807, 2.05) is 0 Å². The minimum atomic E-state index is 0.699. The Morgan fingerprint density at radius 3 is 2.47 bits per heavy atom. The molecule has 0 bridgehead atoms. The summed E-state index contributed by atoms with van der Waals surface area (Å²) < 4.78 is 0. The second kappa shape index (κ2) is 9.99. The van der Waals surface area contributed by atoms with E-state index in [0.717, 1.165) is 19.6 Å². The lowest BCUT2D eigenvalue weighted by Crippen LogP contribution is -2.38. The molecule has 0 radical (unpaired) electrons. The molecule has 2 nitrogen and oxygen atoms in total. The first-order valence-corrected chi connectivity index (χ1v) is 7.76. The molecule has 0 aliphatic rings. The molecular formula is C17H30N2. The van der Waals surface area contributed by atoms with E-state index in [-0.39, 0.29) is 0 Å². The van der Waals surface area contributed by atoms with Crippen LogP contribution in [0.2, 0.25) is 0 Å². The monoisotopic (exact) mass is 262 g/mol. The summed E-state index contributed by atoms with van der Waals surface area (Å²) in [5.41, 5.74) is 1.37. The number of nitrogens with one attached hydrogen (secondary N) is 1. The Morgan fingerprint density at radius 1 is 1.11 bits per heavy atom. The summed E-state index contributed by atoms with van der Waals surface area (Å²) in [4.78, 5) is 2.61. The highest BCUT2D eigenvalue weighted by molar-refractivity contribution is 5.14. The van der Waals surface area contributed by atoms with Gasteiger partial charge in [-0.2, -0.15) is 0 Å². The molecule has 0 amide bonds. The molecule has 1 unspecified atom stereocenters. The minimum Gasteiger partial charge on any atom is -0.311 e. The van der Waals surface area contributed by atoms with Crippen LogP contribution < -0.4 is 5.32 Å². The van der Waals surface area contributed by atoms with Crippen LogP contribution in [0.15, 0.2) is 30.3 Å². The first-order chi connectivity index (χ1) is 9.27. The van der Waals surface area contributed by atoms with Crippen molar-refractivity contribution in [3.8, 4) is 0 Å². The maximum atomic E-state index is 3.55. The van der Waals surface area contributed by atoms with Gasteiger partial charge < -0.3 is 5.32 Å². The Bertz CT molecular complexity index is 310. The second-order valence-corrected chi connectivity index (χ2v) is 5.31. The van der Waals surface area contributed by atoms with E-state index in [9.17, 15) is 0 Å². The van der Waals surface area contributed by atoms with Crippen LogP contribution in [0, 0.1) is 0 Å². The summed E-state index contributed by atoms with van der Waals surface area (Å²) in [6.45, 7) is 11.3. The van der Waals surface area contributed by atoms with Gasteiger partial charge in [0.05, 0.1) is 0 Å². The fourth-order valence-electron chi connectivity index (χ4n) is 2.22. The van der Waals surface area contributed by atoms with Crippen molar-refractivity contribution in [2.45, 2.75) is 52.6 Å². The van der Waals surface area contributed by atoms with Crippen molar-refractivity contribution in [1.29, 1.82) is 0 Å². The molecule has 0 fully saturated rings. The molecule has 2 heteroatoms. The molecule has 0 spiro atoms. The maximum absolute atomic E-state index is 3.55. The molecule has 1 atom stereocenters. The highest BCUT2D eigenvalue weighted by Crippen LogP contribution is 2.05. The quantitative estimate of drug-likeness (QED) is 0.647. The van der Waals surface area contributed by atoms with E-state index < -0.39 is 0 Å². The van der Waals surface area contributed by atoms with Gasteiger partial charge in [0.2, 0.25) is 0 Å². The Balaban J connectivity index is 2.23. The molecule has 1 N–H and O–H groups in total. The van der Waals surface area contributed by atoms with Gasteiger partial charge in [-0.1, -0.05) is 50.6 Å². The van der Waals surface area contributed by atoms with Gasteiger partial charge in [0.25, 0.3) is 0 Å². The fraction of sp³-hybridized carbons (Fsp3) is 0.647. The average Bonchev–Trinajstić information content (AvgIpc) is 2.47. The van der Waals surface area contributed by atoms with Gasteiger partial charge in [0.1, 0.15) is 0 Å². The van der Waals surface area contributed by atoms with Crippen molar-refractivity contribution in [2.75, 3.05) is 19.6 Å². The van der Waals surface area contributed by atoms with E-state index in [1.54, 1.807) is 0 Å². The van der Waals surface area contributed by atoms with Gasteiger partial charge in [0, 0.05) is 25.7 Å². The molecule has 1 rings (SSSR count). The zero-order chi connectivity index (χ0) is 13.9. The zero-order valence-electron chi connectivity index (χ0n) is 12.9. The van der Waals surface area contributed by atoms with Crippen LogP contribution in [0.5, 0.6) is 0 Å². The van der Waals surface area contributed by atoms with E-state index in [4.69, 9.17) is 0 Å². The molecule has 0 aromatic heterocycles. The summed E-state index contributed by atoms with van der Waals surface area (Å²) in [5, 5.41) is 3.55. The standard InChI is InChI=1S/C17H30N2/c1-4-6-13-19(16(3)5-2)14-12-18-15-17-10-8-7-9-11-17/h7-11,16,18H,4-6,12-15H2,1-3H3. The molecule has 19 heavy (non-hydrogen) atoms. The topological polar surface area (TPSA) is 15.3 Å². The Kier molecular flexibility index (Phi) is 8.52. The molecule has 108 valence electrons. The molecular weight excluding hydrogens is 232 g/mol. The van der Waals surface area contributed by atoms with Crippen LogP contribution in [0.4, 0.5) is 0 Å². The van der Waals surface area contributed by atoms with Crippen molar-refractivity contribution in [2.24, 2.45) is 0 Å². The van der Waals surface area contributed by atoms with Crippen molar-refractivity contribution < 1.29 is 0 Å². The predicted molar refractivity (Wildman–Crippen MR) is 84.4 cm³/mol. The van der Waals surface area contributed by atoms with Crippen LogP contribution >= 0.6 is 0 Å². The highest BCUT2D eigenvalue weighted by atomic mass is 15.2. The molecule has 0 heterocycles. The molecule has 1 aromatic rings. The molecule has 0 saturated heterocycles. The third kappa shape index (κ3) is 6.74. The fourth-order valence-corrected chi connectivity index (χ4v) is 2.22. The third-order valence-electron chi connectivity index (χ3n) is 3.76. The lowest BCUT2D eigenvalue weighted by atomic mass is 10.2. The van der Waals surface area contributed by atoms with Crippen LogP contribution in [0.3, 0.4) is 0 Å². The van der Waals surface area contributed by atoms with Crippen LogP contribution in [-0.2, 0) is 6.54 Å². The molecule has 1 aromatic carbocycles. The first kappa shape index (κ1) is 16.2. The summed E-state index contributed by atoms with van der Waals surface area (Å²) in [6, 6.07) is 11.3. The van der Waals surface area contributed by atoms with E-state index >= 15 is 0 Å². The largest absolute Gasteiger partial charge is 0.311 e. The smallest absolute Gasteiger partial charge is 0.0206 e. The first-order valence-electron chi connectivity index (χ1n) is 7.76. The van der Waals surface area contributed by atoms with Crippen molar-refractivity contribution >= 4 is 0 Å². The lowest BCUT2D eigenvalue weighted by Gasteiger charge is -2.28. The van der Waals surface area contributed by atoms with E-state index in [0.29, 0.717) is 6.04 Å². The number of rotatable bonds is 10. The second-order valence-electron chi connectivity index (χ2n) is 5.31. The van der Waals surface area contributed by atoms with E-state index in [2.05, 4.69) is 61.3 Å². The molecule has 0 aliphatic heterocycles. The lowest BCUT2D eigenvalue weighted by molar-refractivity contribution is 0.201. The van der Waals surface area contributed by atoms with E-state index in [1.165, 1.54) is 31.4 Å². The highest BCUT2D eigenvalue weighted by Gasteiger charge is 2.10. The number of nitrogens with zero attached hydrogens (tertiary/aromatic N) is 1. The summed E-state index contributed by atoms with van der Waals surface area (Å²) in [6.07, 6.45) is 3.83. The summed E-state index contributed by atoms with van der Waals surface area (Å²) in [5.74, 6) is 0. The van der Waals surface area contributed by atoms with Crippen molar-refractivity contribution in [1.82, 2.24) is 10.2 Å². The maximum Gasteiger partial charge on any atom is 0.0206 e. The van der Waals surface area contributed by atoms with Gasteiger partial charge in [-0.15, -0.1) is 0 Å². The summed E-state index contributed by atoms with van der Waals surface area (Å²) in [7, 11) is 0.